The quantitative estimate of drug-likeness (QED) is 0.386. The van der Waals surface area contributed by atoms with Gasteiger partial charge in [-0.15, -0.1) is 10.2 Å². The maximum Gasteiger partial charge on any atom is 0.433 e. The van der Waals surface area contributed by atoms with Crippen LogP contribution in [0.4, 0.5) is 19.0 Å². The minimum absolute atomic E-state index is 0.0705. The summed E-state index contributed by atoms with van der Waals surface area (Å²) in [4.78, 5) is 38.7. The second-order valence-corrected chi connectivity index (χ2v) is 9.64. The van der Waals surface area contributed by atoms with Crippen molar-refractivity contribution in [3.63, 3.8) is 0 Å². The molecule has 2 fully saturated rings. The van der Waals surface area contributed by atoms with Crippen molar-refractivity contribution in [1.29, 1.82) is 0 Å². The van der Waals surface area contributed by atoms with Crippen LogP contribution in [-0.2, 0) is 6.18 Å². The summed E-state index contributed by atoms with van der Waals surface area (Å²) >= 11 is 0. The van der Waals surface area contributed by atoms with Gasteiger partial charge in [0, 0.05) is 35.3 Å². The molecule has 3 atom stereocenters. The van der Waals surface area contributed by atoms with Gasteiger partial charge in [0.25, 0.3) is 5.91 Å². The van der Waals surface area contributed by atoms with Crippen molar-refractivity contribution in [2.24, 2.45) is 0 Å². The molecule has 38 heavy (non-hydrogen) atoms. The summed E-state index contributed by atoms with van der Waals surface area (Å²) in [5.41, 5.74) is 7.32. The third-order valence-electron chi connectivity index (χ3n) is 7.40. The highest BCUT2D eigenvalue weighted by Gasteiger charge is 2.46. The molecule has 0 spiro atoms. The zero-order valence-corrected chi connectivity index (χ0v) is 20.1. The van der Waals surface area contributed by atoms with Gasteiger partial charge in [0.2, 0.25) is 5.82 Å². The summed E-state index contributed by atoms with van der Waals surface area (Å²) in [6, 6.07) is 2.06. The minimum Gasteiger partial charge on any atom is -0.383 e. The molecule has 2 saturated heterocycles. The van der Waals surface area contributed by atoms with Crippen LogP contribution in [0.2, 0.25) is 0 Å². The largest absolute Gasteiger partial charge is 0.433 e. The third-order valence-corrected chi connectivity index (χ3v) is 7.40. The summed E-state index contributed by atoms with van der Waals surface area (Å²) in [6.45, 7) is 1.41. The van der Waals surface area contributed by atoms with Crippen LogP contribution in [0, 0.1) is 0 Å². The lowest BCUT2D eigenvalue weighted by Gasteiger charge is -2.38. The highest BCUT2D eigenvalue weighted by atomic mass is 19.4. The maximum atomic E-state index is 13.0. The number of aromatic nitrogens is 7. The fourth-order valence-electron chi connectivity index (χ4n) is 5.78. The number of alkyl halides is 3. The first-order valence-electron chi connectivity index (χ1n) is 12.0. The number of halogens is 3. The number of Topliss-reactive ketones (excluding diaryl/α,β-unsaturated/α-hetero) is 1. The zero-order valence-electron chi connectivity index (χ0n) is 20.1. The number of amides is 1. The molecule has 2 aliphatic heterocycles. The van der Waals surface area contributed by atoms with Crippen LogP contribution in [0.25, 0.3) is 16.8 Å². The number of aromatic amines is 1. The van der Waals surface area contributed by atoms with Crippen LogP contribution in [0.3, 0.4) is 0 Å². The monoisotopic (exact) mass is 525 g/mol. The number of nitrogens with two attached hydrogens (primary N) is 1. The predicted octanol–water partition coefficient (Wildman–Crippen LogP) is 3.26. The van der Waals surface area contributed by atoms with E-state index in [2.05, 4.69) is 25.3 Å². The van der Waals surface area contributed by atoms with Gasteiger partial charge in [0.15, 0.2) is 11.4 Å². The molecule has 0 aliphatic carbocycles. The van der Waals surface area contributed by atoms with E-state index in [9.17, 15) is 22.8 Å². The van der Waals surface area contributed by atoms with Crippen molar-refractivity contribution in [2.75, 3.05) is 5.73 Å². The molecule has 11 nitrogen and oxygen atoms in total. The van der Waals surface area contributed by atoms with Crippen LogP contribution in [0.1, 0.15) is 70.9 Å². The van der Waals surface area contributed by atoms with Crippen molar-refractivity contribution in [3.8, 4) is 11.1 Å². The van der Waals surface area contributed by atoms with E-state index in [0.717, 1.165) is 25.1 Å². The Morgan fingerprint density at radius 3 is 2.45 bits per heavy atom. The Balaban J connectivity index is 1.39. The second-order valence-electron chi connectivity index (χ2n) is 9.64. The number of carbonyl (C=O) groups excluding carboxylic acids is 2. The number of H-pyrrole nitrogens is 1. The van der Waals surface area contributed by atoms with E-state index >= 15 is 0 Å². The van der Waals surface area contributed by atoms with Crippen LogP contribution >= 0.6 is 0 Å². The van der Waals surface area contributed by atoms with Gasteiger partial charge < -0.3 is 15.6 Å². The number of rotatable bonds is 4. The summed E-state index contributed by atoms with van der Waals surface area (Å²) in [6.07, 6.45) is 2.12. The first kappa shape index (κ1) is 24.0. The van der Waals surface area contributed by atoms with Gasteiger partial charge in [-0.05, 0) is 38.7 Å². The van der Waals surface area contributed by atoms with Crippen LogP contribution in [0.5, 0.6) is 0 Å². The molecule has 14 heteroatoms. The molecule has 2 bridgehead atoms. The third kappa shape index (κ3) is 3.78. The number of pyridine rings is 1. The molecular formula is C24H22F3N9O2. The van der Waals surface area contributed by atoms with Gasteiger partial charge in [0.1, 0.15) is 17.8 Å². The van der Waals surface area contributed by atoms with Crippen LogP contribution in [-0.4, -0.2) is 63.4 Å². The molecule has 0 aromatic carbocycles. The van der Waals surface area contributed by atoms with E-state index in [0.29, 0.717) is 35.3 Å². The molecule has 6 heterocycles. The van der Waals surface area contributed by atoms with Crippen molar-refractivity contribution < 1.29 is 22.8 Å². The Kier molecular flexibility index (Phi) is 5.43. The lowest BCUT2D eigenvalue weighted by molar-refractivity contribution is -0.141. The predicted molar refractivity (Wildman–Crippen MR) is 127 cm³/mol. The Hall–Kier alpha value is -4.36. The second kappa shape index (κ2) is 8.60. The average molecular weight is 525 g/mol. The SMILES string of the molecule is CC(=O)c1c([C@H]2C[C@H]3CC[C@@H](C2)N3C(=O)c2nnc[nH]2)nc2c(-c3ccc(C(F)(F)F)nc3)cnn2c1N. The molecule has 0 unspecified atom stereocenters. The van der Waals surface area contributed by atoms with Crippen molar-refractivity contribution >= 4 is 23.2 Å². The Morgan fingerprint density at radius 1 is 1.13 bits per heavy atom. The number of nitrogen functional groups attached to an aromatic ring is 1. The summed E-state index contributed by atoms with van der Waals surface area (Å²) in [5.74, 6) is -0.353. The first-order chi connectivity index (χ1) is 18.1. The van der Waals surface area contributed by atoms with Gasteiger partial charge in [-0.2, -0.15) is 22.8 Å². The Labute approximate surface area is 213 Å². The molecule has 0 radical (unpaired) electrons. The highest BCUT2D eigenvalue weighted by Crippen LogP contribution is 2.45. The van der Waals surface area contributed by atoms with E-state index in [4.69, 9.17) is 10.7 Å². The molecule has 3 N–H and O–H groups in total. The number of ketones is 1. The van der Waals surface area contributed by atoms with Crippen molar-refractivity contribution in [3.05, 3.63) is 53.6 Å². The lowest BCUT2D eigenvalue weighted by atomic mass is 9.85. The first-order valence-corrected chi connectivity index (χ1v) is 12.0. The molecule has 2 aliphatic rings. The van der Waals surface area contributed by atoms with Gasteiger partial charge in [-0.3, -0.25) is 14.6 Å². The number of hydrogen-bond donors (Lipinski definition) is 2. The van der Waals surface area contributed by atoms with Gasteiger partial charge in [-0.1, -0.05) is 6.07 Å². The number of fused-ring (bicyclic) bond motifs is 3. The standard InChI is InChI=1S/C24H22F3N9O2/c1-11(37)18-19(13-6-14-3-4-15(7-13)35(14)23(38)21-30-10-31-34-21)33-22-16(9-32-36(22)20(18)28)12-2-5-17(29-8-12)24(25,26)27/h2,5,8-10,13-15H,3-4,6-7,28H2,1H3,(H,30,31,34)/t13-,14+,15-. The number of anilines is 1. The minimum atomic E-state index is -4.56. The smallest absolute Gasteiger partial charge is 0.383 e. The molecule has 1 amide bonds. The zero-order chi connectivity index (χ0) is 26.8. The number of nitrogens with one attached hydrogen (secondary N) is 1. The van der Waals surface area contributed by atoms with Gasteiger partial charge >= 0.3 is 6.18 Å². The molecule has 6 rings (SSSR count). The number of piperidine rings is 1. The van der Waals surface area contributed by atoms with Crippen LogP contribution in [0.15, 0.2) is 30.9 Å². The fraction of sp³-hybridized carbons (Fsp3) is 0.375. The highest BCUT2D eigenvalue weighted by molar-refractivity contribution is 6.00. The topological polar surface area (TPSA) is 148 Å². The van der Waals surface area contributed by atoms with E-state index in [1.807, 2.05) is 4.90 Å². The molecule has 4 aromatic heterocycles. The van der Waals surface area contributed by atoms with E-state index in [-0.39, 0.29) is 46.9 Å². The maximum absolute atomic E-state index is 13.0. The van der Waals surface area contributed by atoms with Crippen molar-refractivity contribution in [1.82, 2.24) is 39.7 Å². The number of hydrogen-bond acceptors (Lipinski definition) is 8. The van der Waals surface area contributed by atoms with E-state index in [1.54, 1.807) is 0 Å². The molecule has 4 aromatic rings. The average Bonchev–Trinajstić information content (AvgIpc) is 3.61. The molecular weight excluding hydrogens is 503 g/mol. The Morgan fingerprint density at radius 2 is 1.87 bits per heavy atom. The summed E-state index contributed by atoms with van der Waals surface area (Å²) in [7, 11) is 0. The fourth-order valence-corrected chi connectivity index (χ4v) is 5.78. The Bertz CT molecular complexity index is 1530. The lowest BCUT2D eigenvalue weighted by Crippen LogP contribution is -2.46. The number of nitrogens with zero attached hydrogens (tertiary/aromatic N) is 7. The van der Waals surface area contributed by atoms with E-state index in [1.165, 1.54) is 30.0 Å². The summed E-state index contributed by atoms with van der Waals surface area (Å²) in [5, 5.41) is 11.8. The molecule has 0 saturated carbocycles. The van der Waals surface area contributed by atoms with Crippen LogP contribution < -0.4 is 5.73 Å². The van der Waals surface area contributed by atoms with E-state index < -0.39 is 11.9 Å². The normalized spacial score (nSPS) is 21.3. The van der Waals surface area contributed by atoms with Gasteiger partial charge in [0.05, 0.1) is 17.5 Å². The van der Waals surface area contributed by atoms with Gasteiger partial charge in [-0.25, -0.2) is 4.98 Å². The molecule has 196 valence electrons. The van der Waals surface area contributed by atoms with Crippen molar-refractivity contribution in [2.45, 2.75) is 56.8 Å². The number of carbonyl (C=O) groups is 2. The summed E-state index contributed by atoms with van der Waals surface area (Å²) < 4.78 is 40.3.